The van der Waals surface area contributed by atoms with E-state index in [1.54, 1.807) is 12.1 Å². The van der Waals surface area contributed by atoms with E-state index in [2.05, 4.69) is 45.0 Å². The van der Waals surface area contributed by atoms with Gasteiger partial charge in [0.25, 0.3) is 0 Å². The van der Waals surface area contributed by atoms with Crippen molar-refractivity contribution in [3.8, 4) is 0 Å². The van der Waals surface area contributed by atoms with Crippen LogP contribution in [0.2, 0.25) is 0 Å². The molecule has 108 valence electrons. The van der Waals surface area contributed by atoms with E-state index in [-0.39, 0.29) is 11.9 Å². The number of anilines is 1. The van der Waals surface area contributed by atoms with Gasteiger partial charge in [0, 0.05) is 24.8 Å². The monoisotopic (exact) mass is 266 g/mol. The van der Waals surface area contributed by atoms with Gasteiger partial charge in [0.05, 0.1) is 0 Å². The van der Waals surface area contributed by atoms with Crippen LogP contribution in [0.3, 0.4) is 0 Å². The molecule has 0 bridgehead atoms. The first kappa shape index (κ1) is 16.0. The van der Waals surface area contributed by atoms with Crippen LogP contribution in [0.5, 0.6) is 0 Å². The van der Waals surface area contributed by atoms with Crippen molar-refractivity contribution < 1.29 is 4.39 Å². The first-order valence-electron chi connectivity index (χ1n) is 7.06. The largest absolute Gasteiger partial charge is 0.372 e. The zero-order valence-corrected chi connectivity index (χ0v) is 13.0. The Morgan fingerprint density at radius 1 is 1.21 bits per heavy atom. The summed E-state index contributed by atoms with van der Waals surface area (Å²) in [7, 11) is 3.99. The lowest BCUT2D eigenvalue weighted by atomic mass is 10.0. The van der Waals surface area contributed by atoms with Crippen LogP contribution in [0, 0.1) is 11.7 Å². The molecule has 2 atom stereocenters. The minimum absolute atomic E-state index is 0.138. The lowest BCUT2D eigenvalue weighted by Crippen LogP contribution is -2.31. The van der Waals surface area contributed by atoms with Crippen molar-refractivity contribution in [3.05, 3.63) is 29.6 Å². The quantitative estimate of drug-likeness (QED) is 0.838. The van der Waals surface area contributed by atoms with Crippen molar-refractivity contribution >= 4 is 5.69 Å². The molecular formula is C16H27FN2. The van der Waals surface area contributed by atoms with Gasteiger partial charge < -0.3 is 10.2 Å². The van der Waals surface area contributed by atoms with Gasteiger partial charge in [-0.2, -0.15) is 0 Å². The number of rotatable bonds is 6. The molecule has 1 aromatic carbocycles. The Kier molecular flexibility index (Phi) is 5.80. The predicted octanol–water partition coefficient (Wildman–Crippen LogP) is 3.98. The smallest absolute Gasteiger partial charge is 0.123 e. The molecule has 0 saturated heterocycles. The van der Waals surface area contributed by atoms with Crippen molar-refractivity contribution in [1.29, 1.82) is 0 Å². The fourth-order valence-corrected chi connectivity index (χ4v) is 2.43. The van der Waals surface area contributed by atoms with Gasteiger partial charge in [0.15, 0.2) is 0 Å². The molecule has 0 saturated carbocycles. The summed E-state index contributed by atoms with van der Waals surface area (Å²) in [6.07, 6.45) is 1.13. The van der Waals surface area contributed by atoms with E-state index in [9.17, 15) is 4.39 Å². The summed E-state index contributed by atoms with van der Waals surface area (Å²) >= 11 is 0. The van der Waals surface area contributed by atoms with E-state index in [0.29, 0.717) is 12.0 Å². The number of benzene rings is 1. The van der Waals surface area contributed by atoms with Crippen LogP contribution in [0.25, 0.3) is 0 Å². The molecule has 0 aliphatic carbocycles. The van der Waals surface area contributed by atoms with Crippen LogP contribution >= 0.6 is 0 Å². The first-order chi connectivity index (χ1) is 8.86. The van der Waals surface area contributed by atoms with Gasteiger partial charge in [-0.25, -0.2) is 4.39 Å². The molecule has 2 unspecified atom stereocenters. The Morgan fingerprint density at radius 2 is 1.84 bits per heavy atom. The third-order valence-corrected chi connectivity index (χ3v) is 3.74. The second-order valence-electron chi connectivity index (χ2n) is 5.80. The average molecular weight is 266 g/mol. The number of nitrogens with zero attached hydrogens (tertiary/aromatic N) is 1. The maximum Gasteiger partial charge on any atom is 0.123 e. The van der Waals surface area contributed by atoms with Crippen LogP contribution in [-0.4, -0.2) is 20.1 Å². The number of halogens is 1. The number of hydrogen-bond donors (Lipinski definition) is 1. The zero-order chi connectivity index (χ0) is 14.6. The molecule has 0 radical (unpaired) electrons. The van der Waals surface area contributed by atoms with E-state index in [1.165, 1.54) is 0 Å². The minimum Gasteiger partial charge on any atom is -0.372 e. The highest BCUT2D eigenvalue weighted by atomic mass is 19.1. The highest BCUT2D eigenvalue weighted by Gasteiger charge is 2.17. The van der Waals surface area contributed by atoms with E-state index in [0.717, 1.165) is 17.7 Å². The molecular weight excluding hydrogens is 239 g/mol. The van der Waals surface area contributed by atoms with Crippen molar-refractivity contribution in [2.75, 3.05) is 19.0 Å². The van der Waals surface area contributed by atoms with Gasteiger partial charge in [0.2, 0.25) is 0 Å². The predicted molar refractivity (Wildman–Crippen MR) is 81.2 cm³/mol. The van der Waals surface area contributed by atoms with Crippen LogP contribution in [0.1, 0.15) is 45.7 Å². The van der Waals surface area contributed by atoms with Gasteiger partial charge in [-0.3, -0.25) is 0 Å². The van der Waals surface area contributed by atoms with Crippen LogP contribution in [0.4, 0.5) is 10.1 Å². The Bertz CT molecular complexity index is 404. The Hall–Kier alpha value is -1.09. The molecule has 0 aliphatic heterocycles. The molecule has 1 aromatic rings. The van der Waals surface area contributed by atoms with E-state index in [4.69, 9.17) is 0 Å². The van der Waals surface area contributed by atoms with Gasteiger partial charge >= 0.3 is 0 Å². The Morgan fingerprint density at radius 3 is 2.37 bits per heavy atom. The van der Waals surface area contributed by atoms with Gasteiger partial charge in [-0.15, -0.1) is 0 Å². The van der Waals surface area contributed by atoms with Crippen LogP contribution < -0.4 is 10.2 Å². The lowest BCUT2D eigenvalue weighted by molar-refractivity contribution is 0.501. The summed E-state index contributed by atoms with van der Waals surface area (Å²) in [5, 5.41) is 3.19. The molecule has 0 heterocycles. The van der Waals surface area contributed by atoms with Crippen molar-refractivity contribution in [1.82, 2.24) is 5.32 Å². The maximum atomic E-state index is 13.5. The summed E-state index contributed by atoms with van der Waals surface area (Å²) < 4.78 is 13.5. The molecule has 1 rings (SSSR count). The van der Waals surface area contributed by atoms with Crippen LogP contribution in [0.15, 0.2) is 18.2 Å². The van der Waals surface area contributed by atoms with Crippen LogP contribution in [-0.2, 0) is 0 Å². The fraction of sp³-hybridized carbons (Fsp3) is 0.625. The summed E-state index contributed by atoms with van der Waals surface area (Å²) in [6, 6.07) is 5.64. The highest BCUT2D eigenvalue weighted by Crippen LogP contribution is 2.28. The molecule has 1 N–H and O–H groups in total. The SMILES string of the molecule is CNC(C)c1cc(F)ccc1N(C)C(C)CC(C)C. The second kappa shape index (κ2) is 6.90. The third kappa shape index (κ3) is 4.20. The normalized spacial score (nSPS) is 14.5. The van der Waals surface area contributed by atoms with Gasteiger partial charge in [-0.05, 0) is 57.0 Å². The average Bonchev–Trinajstić information content (AvgIpc) is 2.36. The Labute approximate surface area is 117 Å². The minimum atomic E-state index is -0.175. The van der Waals surface area contributed by atoms with Crippen molar-refractivity contribution in [2.45, 2.75) is 46.2 Å². The topological polar surface area (TPSA) is 15.3 Å². The molecule has 19 heavy (non-hydrogen) atoms. The van der Waals surface area contributed by atoms with E-state index in [1.807, 2.05) is 13.1 Å². The third-order valence-electron chi connectivity index (χ3n) is 3.74. The lowest BCUT2D eigenvalue weighted by Gasteiger charge is -2.31. The van der Waals surface area contributed by atoms with Crippen molar-refractivity contribution in [2.24, 2.45) is 5.92 Å². The molecule has 0 aromatic heterocycles. The number of nitrogens with one attached hydrogen (secondary N) is 1. The standard InChI is InChI=1S/C16H27FN2/c1-11(2)9-12(3)19(6)16-8-7-14(17)10-15(16)13(4)18-5/h7-8,10-13,18H,9H2,1-6H3. The van der Waals surface area contributed by atoms with E-state index >= 15 is 0 Å². The van der Waals surface area contributed by atoms with Gasteiger partial charge in [-0.1, -0.05) is 13.8 Å². The molecule has 0 aliphatic rings. The Balaban J connectivity index is 3.04. The summed E-state index contributed by atoms with van der Waals surface area (Å²) in [5.41, 5.74) is 2.12. The second-order valence-corrected chi connectivity index (χ2v) is 5.80. The summed E-state index contributed by atoms with van der Waals surface area (Å²) in [4.78, 5) is 2.25. The number of hydrogen-bond acceptors (Lipinski definition) is 2. The van der Waals surface area contributed by atoms with E-state index < -0.39 is 0 Å². The highest BCUT2D eigenvalue weighted by molar-refractivity contribution is 5.55. The molecule has 2 nitrogen and oxygen atoms in total. The summed E-state index contributed by atoms with van der Waals surface area (Å²) in [6.45, 7) is 8.73. The fourth-order valence-electron chi connectivity index (χ4n) is 2.43. The maximum absolute atomic E-state index is 13.5. The molecule has 3 heteroatoms. The zero-order valence-electron chi connectivity index (χ0n) is 13.0. The molecule has 0 amide bonds. The molecule has 0 spiro atoms. The first-order valence-corrected chi connectivity index (χ1v) is 7.06. The van der Waals surface area contributed by atoms with Gasteiger partial charge in [0.1, 0.15) is 5.82 Å². The van der Waals surface area contributed by atoms with Crippen molar-refractivity contribution in [3.63, 3.8) is 0 Å². The summed E-state index contributed by atoms with van der Waals surface area (Å²) in [5.74, 6) is 0.480. The molecule has 0 fully saturated rings.